The summed E-state index contributed by atoms with van der Waals surface area (Å²) in [6.07, 6.45) is 10.0. The molecule has 0 fully saturated rings. The lowest BCUT2D eigenvalue weighted by atomic mass is 9.92. The van der Waals surface area contributed by atoms with Crippen molar-refractivity contribution in [3.63, 3.8) is 0 Å². The van der Waals surface area contributed by atoms with Gasteiger partial charge in [-0.25, -0.2) is 0 Å². The van der Waals surface area contributed by atoms with Gasteiger partial charge in [0.05, 0.1) is 12.3 Å². The van der Waals surface area contributed by atoms with Crippen LogP contribution in [0.5, 0.6) is 0 Å². The molecule has 23 heteroatoms. The van der Waals surface area contributed by atoms with Gasteiger partial charge in [0.1, 0.15) is 0 Å². The van der Waals surface area contributed by atoms with E-state index in [0.717, 1.165) is 127 Å². The fourth-order valence-electron chi connectivity index (χ4n) is 9.18. The highest BCUT2D eigenvalue weighted by Gasteiger charge is 2.52. The summed E-state index contributed by atoms with van der Waals surface area (Å²) >= 11 is 2.26. The van der Waals surface area contributed by atoms with Gasteiger partial charge < -0.3 is 53.1 Å². The second-order valence-corrected chi connectivity index (χ2v) is 30.6. The highest BCUT2D eigenvalue weighted by Crippen LogP contribution is 2.53. The molecule has 0 bridgehead atoms. The molecule has 2 atom stereocenters. The van der Waals surface area contributed by atoms with Crippen LogP contribution < -0.4 is 0 Å². The van der Waals surface area contributed by atoms with Crippen molar-refractivity contribution in [2.24, 2.45) is 0 Å². The molecule has 0 saturated heterocycles. The summed E-state index contributed by atoms with van der Waals surface area (Å²) in [4.78, 5) is 10.5. The number of thioether (sulfide) groups is 1. The Kier molecular flexibility index (Phi) is 40.2. The molecule has 65 heavy (non-hydrogen) atoms. The van der Waals surface area contributed by atoms with Crippen LogP contribution in [0.1, 0.15) is 78.1 Å². The third kappa shape index (κ3) is 24.3. The maximum Gasteiger partial charge on any atom is 0.384 e. The van der Waals surface area contributed by atoms with Crippen molar-refractivity contribution in [3.8, 4) is 0 Å². The van der Waals surface area contributed by atoms with Crippen molar-refractivity contribution >= 4 is 67.5 Å². The van der Waals surface area contributed by atoms with Crippen LogP contribution in [0, 0.1) is 0 Å². The molecule has 0 rings (SSSR count). The predicted octanol–water partition coefficient (Wildman–Crippen LogP) is 6.20. The molecule has 0 spiro atoms. The monoisotopic (exact) mass is 1050 g/mol. The minimum absolute atomic E-state index is 0.0988. The molecule has 0 N–H and O–H groups in total. The molecular formula is C42H96N4O12SSi6. The van der Waals surface area contributed by atoms with Gasteiger partial charge in [0, 0.05) is 94.8 Å². The quantitative estimate of drug-likeness (QED) is 0.0507. The zero-order valence-corrected chi connectivity index (χ0v) is 51.2. The molecule has 0 aliphatic rings. The number of hydrogen-bond acceptors (Lipinski definition) is 17. The summed E-state index contributed by atoms with van der Waals surface area (Å²) in [5.74, 6) is 0. The maximum atomic E-state index is 5.90. The molecule has 0 aliphatic carbocycles. The number of nitrogens with zero attached hydrogens (tertiary/aromatic N) is 4. The molecule has 16 nitrogen and oxygen atoms in total. The molecule has 0 aromatic heterocycles. The largest absolute Gasteiger partial charge is 0.397 e. The molecule has 386 valence electrons. The van der Waals surface area contributed by atoms with E-state index in [2.05, 4.69) is 73.4 Å². The minimum atomic E-state index is -1.40. The van der Waals surface area contributed by atoms with Gasteiger partial charge in [0.25, 0.3) is 0 Å². The van der Waals surface area contributed by atoms with E-state index in [9.17, 15) is 0 Å². The Labute approximate surface area is 414 Å². The average Bonchev–Trinajstić information content (AvgIpc) is 3.32. The first-order valence-corrected chi connectivity index (χ1v) is 33.3. The van der Waals surface area contributed by atoms with Crippen LogP contribution in [0.25, 0.3) is 0 Å². The fourth-order valence-corrected chi connectivity index (χ4v) is 17.9. The van der Waals surface area contributed by atoms with E-state index in [4.69, 9.17) is 53.1 Å². The summed E-state index contributed by atoms with van der Waals surface area (Å²) in [5.41, 5.74) is 0. The van der Waals surface area contributed by atoms with Crippen LogP contribution in [-0.4, -0.2) is 237 Å². The van der Waals surface area contributed by atoms with Crippen molar-refractivity contribution in [1.29, 1.82) is 0 Å². The second-order valence-electron chi connectivity index (χ2n) is 16.4. The highest BCUT2D eigenvalue weighted by molar-refractivity contribution is 8.02. The molecule has 0 aliphatic heterocycles. The molecule has 0 saturated carbocycles. The normalized spacial score (nSPS) is 14.9. The van der Waals surface area contributed by atoms with Crippen molar-refractivity contribution < 1.29 is 53.1 Å². The Hall–Kier alpha value is 1.01. The van der Waals surface area contributed by atoms with Crippen molar-refractivity contribution in [2.75, 3.05) is 140 Å². The summed E-state index contributed by atoms with van der Waals surface area (Å²) < 4.78 is 69.2. The Balaban J connectivity index is 8.06. The van der Waals surface area contributed by atoms with Crippen molar-refractivity contribution in [3.05, 3.63) is 0 Å². The minimum Gasteiger partial charge on any atom is -0.397 e. The first kappa shape index (κ1) is 66.0. The third-order valence-corrected chi connectivity index (χ3v) is 24.7. The molecule has 2 unspecified atom stereocenters. The van der Waals surface area contributed by atoms with Gasteiger partial charge in [-0.1, -0.05) is 13.8 Å². The Morgan fingerprint density at radius 3 is 0.692 bits per heavy atom. The van der Waals surface area contributed by atoms with Crippen LogP contribution >= 0.6 is 11.8 Å². The van der Waals surface area contributed by atoms with Crippen LogP contribution in [-0.2, 0) is 53.1 Å². The lowest BCUT2D eigenvalue weighted by molar-refractivity contribution is 0.0310. The summed E-state index contributed by atoms with van der Waals surface area (Å²) in [7, 11) is 22.5. The third-order valence-electron chi connectivity index (χ3n) is 12.5. The fraction of sp³-hybridized carbons (Fsp3) is 1.00. The van der Waals surface area contributed by atoms with Gasteiger partial charge in [-0.3, -0.25) is 19.6 Å². The first-order chi connectivity index (χ1) is 31.2. The molecule has 0 amide bonds. The van der Waals surface area contributed by atoms with Gasteiger partial charge in [-0.05, 0) is 155 Å². The molecule has 0 aromatic rings. The van der Waals surface area contributed by atoms with E-state index < -0.39 is 55.7 Å². The average molecular weight is 1050 g/mol. The predicted molar refractivity (Wildman–Crippen MR) is 276 cm³/mol. The van der Waals surface area contributed by atoms with Crippen LogP contribution in [0.4, 0.5) is 0 Å². The van der Waals surface area contributed by atoms with Gasteiger partial charge in [0.15, 0.2) is 0 Å². The van der Waals surface area contributed by atoms with E-state index in [0.29, 0.717) is 0 Å². The Morgan fingerprint density at radius 1 is 0.338 bits per heavy atom. The molecule has 0 aromatic carbocycles. The molecule has 0 heterocycles. The van der Waals surface area contributed by atoms with Crippen molar-refractivity contribution in [2.45, 2.75) is 136 Å². The van der Waals surface area contributed by atoms with Crippen LogP contribution in [0.2, 0.25) is 36.3 Å². The van der Waals surface area contributed by atoms with Crippen molar-refractivity contribution in [1.82, 2.24) is 19.6 Å². The van der Waals surface area contributed by atoms with Gasteiger partial charge in [0.2, 0.25) is 0 Å². The van der Waals surface area contributed by atoms with Crippen LogP contribution in [0.3, 0.4) is 0 Å². The number of rotatable bonds is 46. The molecular weight excluding hydrogens is 953 g/mol. The van der Waals surface area contributed by atoms with E-state index in [1.165, 1.54) is 0 Å². The maximum absolute atomic E-state index is 5.90. The molecule has 6 radical (unpaired) electrons. The zero-order valence-electron chi connectivity index (χ0n) is 44.4. The second kappa shape index (κ2) is 39.6. The lowest BCUT2D eigenvalue weighted by Crippen LogP contribution is -2.64. The topological polar surface area (TPSA) is 124 Å². The smallest absolute Gasteiger partial charge is 0.384 e. The van der Waals surface area contributed by atoms with E-state index in [1.54, 1.807) is 85.3 Å². The van der Waals surface area contributed by atoms with Gasteiger partial charge in [-0.2, -0.15) is 0 Å². The van der Waals surface area contributed by atoms with Gasteiger partial charge >= 0.3 is 55.7 Å². The summed E-state index contributed by atoms with van der Waals surface area (Å²) in [6.45, 7) is 8.50. The zero-order chi connectivity index (χ0) is 49.3. The van der Waals surface area contributed by atoms with E-state index in [1.807, 2.05) is 0 Å². The standard InChI is InChI=1S/C42H96N4O12SSi6/c1-19-41(27-21-33-60(47-7)48-8,39(43(3)29-23-35-62(51-11)52-12)44(4)30-24-36-63(53-13)54-14)59-42(20-2,28-22-34-61(49-9)50-10)40(45(5)31-25-37-64(55-15)56-16)46(6)32-26-38-65(57-17)58-18/h39-40H,19-38H2,1-18H3. The first-order valence-electron chi connectivity index (χ1n) is 23.4. The SMILES string of the molecule is CCC(CCC[Si](OC)OC)(SC(CC)(CCC[Si](OC)OC)C(N(C)CCC[Si](OC)OC)N(C)CCC[Si](OC)OC)C(N(C)CCC[Si](OC)OC)N(C)CCC[Si](OC)OC. The van der Waals surface area contributed by atoms with E-state index in [-0.39, 0.29) is 21.8 Å². The number of hydrogen-bond donors (Lipinski definition) is 0. The Morgan fingerprint density at radius 2 is 0.523 bits per heavy atom. The highest BCUT2D eigenvalue weighted by atomic mass is 32.2. The lowest BCUT2D eigenvalue weighted by Gasteiger charge is -2.56. The van der Waals surface area contributed by atoms with Crippen LogP contribution in [0.15, 0.2) is 0 Å². The Bertz CT molecular complexity index is 974. The summed E-state index contributed by atoms with van der Waals surface area (Å²) in [5, 5.41) is 0. The van der Waals surface area contributed by atoms with Gasteiger partial charge in [-0.15, -0.1) is 11.8 Å². The van der Waals surface area contributed by atoms with E-state index >= 15 is 0 Å². The summed E-state index contributed by atoms with van der Waals surface area (Å²) in [6, 6.07) is 5.46.